The molecule has 1 heterocycles. The highest BCUT2D eigenvalue weighted by Gasteiger charge is 2.41. The van der Waals surface area contributed by atoms with Crippen molar-refractivity contribution in [2.45, 2.75) is 46.0 Å². The van der Waals surface area contributed by atoms with Crippen LogP contribution in [0.25, 0.3) is 0 Å². The van der Waals surface area contributed by atoms with Crippen LogP contribution in [0.15, 0.2) is 24.3 Å². The van der Waals surface area contributed by atoms with E-state index in [1.54, 1.807) is 11.8 Å². The van der Waals surface area contributed by atoms with Crippen molar-refractivity contribution in [3.05, 3.63) is 35.4 Å². The van der Waals surface area contributed by atoms with Crippen LogP contribution in [0.3, 0.4) is 0 Å². The molecule has 0 aliphatic carbocycles. The van der Waals surface area contributed by atoms with Crippen LogP contribution in [0.2, 0.25) is 0 Å². The van der Waals surface area contributed by atoms with Crippen molar-refractivity contribution in [3.63, 3.8) is 0 Å². The number of hydrogen-bond donors (Lipinski definition) is 1. The molecule has 4 heteroatoms. The van der Waals surface area contributed by atoms with Gasteiger partial charge in [-0.15, -0.1) is 0 Å². The summed E-state index contributed by atoms with van der Waals surface area (Å²) < 4.78 is 0. The first-order valence-corrected chi connectivity index (χ1v) is 7.92. The minimum absolute atomic E-state index is 0.0536. The van der Waals surface area contributed by atoms with Gasteiger partial charge in [-0.25, -0.2) is 0 Å². The summed E-state index contributed by atoms with van der Waals surface area (Å²) >= 11 is 0. The molecular formula is C18H25NO3. The second-order valence-corrected chi connectivity index (χ2v) is 6.83. The number of carbonyl (C=O) groups is 2. The average molecular weight is 303 g/mol. The molecule has 2 rings (SSSR count). The smallest absolute Gasteiger partial charge is 0.311 e. The van der Waals surface area contributed by atoms with Gasteiger partial charge in [0.2, 0.25) is 5.91 Å². The lowest BCUT2D eigenvalue weighted by molar-refractivity contribution is -0.147. The molecule has 0 aromatic heterocycles. The van der Waals surface area contributed by atoms with Gasteiger partial charge in [0.25, 0.3) is 0 Å². The third-order valence-corrected chi connectivity index (χ3v) is 4.62. The van der Waals surface area contributed by atoms with Crippen molar-refractivity contribution in [2.75, 3.05) is 13.1 Å². The van der Waals surface area contributed by atoms with Gasteiger partial charge in [-0.1, -0.05) is 38.1 Å². The lowest BCUT2D eigenvalue weighted by Crippen LogP contribution is -2.34. The standard InChI is InChI=1S/C18H25NO3/c1-13(2)15-7-4-14(5-8-15)6-9-16(20)19-11-10-18(3,12-19)17(21)22/h4-5,7-8,13H,6,9-12H2,1-3H3,(H,21,22). The van der Waals surface area contributed by atoms with Gasteiger partial charge in [0.15, 0.2) is 0 Å². The van der Waals surface area contributed by atoms with E-state index in [9.17, 15) is 14.7 Å². The van der Waals surface area contributed by atoms with Crippen molar-refractivity contribution >= 4 is 11.9 Å². The summed E-state index contributed by atoms with van der Waals surface area (Å²) in [4.78, 5) is 25.1. The maximum absolute atomic E-state index is 12.2. The van der Waals surface area contributed by atoms with Crippen LogP contribution in [-0.4, -0.2) is 35.0 Å². The first-order valence-electron chi connectivity index (χ1n) is 7.92. The number of carboxylic acid groups (broad SMARTS) is 1. The van der Waals surface area contributed by atoms with Crippen LogP contribution in [0, 0.1) is 5.41 Å². The number of amides is 1. The predicted molar refractivity (Wildman–Crippen MR) is 85.8 cm³/mol. The maximum atomic E-state index is 12.2. The van der Waals surface area contributed by atoms with Gasteiger partial charge >= 0.3 is 5.97 Å². The van der Waals surface area contributed by atoms with Crippen molar-refractivity contribution in [1.82, 2.24) is 4.90 Å². The lowest BCUT2D eigenvalue weighted by atomic mass is 9.90. The zero-order valence-corrected chi connectivity index (χ0v) is 13.6. The van der Waals surface area contributed by atoms with Crippen LogP contribution < -0.4 is 0 Å². The first-order chi connectivity index (χ1) is 10.3. The molecule has 120 valence electrons. The van der Waals surface area contributed by atoms with E-state index in [-0.39, 0.29) is 5.91 Å². The number of carboxylic acids is 1. The minimum Gasteiger partial charge on any atom is -0.481 e. The molecule has 0 radical (unpaired) electrons. The van der Waals surface area contributed by atoms with E-state index >= 15 is 0 Å². The summed E-state index contributed by atoms with van der Waals surface area (Å²) in [6.07, 6.45) is 1.69. The van der Waals surface area contributed by atoms with E-state index in [1.807, 2.05) is 0 Å². The Bertz CT molecular complexity index is 550. The molecule has 1 aromatic carbocycles. The molecule has 1 amide bonds. The van der Waals surface area contributed by atoms with Gasteiger partial charge in [-0.3, -0.25) is 9.59 Å². The van der Waals surface area contributed by atoms with Gasteiger partial charge in [-0.05, 0) is 36.8 Å². The number of aliphatic carboxylic acids is 1. The summed E-state index contributed by atoms with van der Waals surface area (Å²) in [5.41, 5.74) is 1.67. The topological polar surface area (TPSA) is 57.6 Å². The van der Waals surface area contributed by atoms with Gasteiger partial charge in [0.05, 0.1) is 5.41 Å². The number of aryl methyl sites for hydroxylation is 1. The molecule has 1 saturated heterocycles. The molecular weight excluding hydrogens is 278 g/mol. The molecule has 1 aliphatic rings. The van der Waals surface area contributed by atoms with E-state index in [4.69, 9.17) is 0 Å². The fourth-order valence-corrected chi connectivity index (χ4v) is 2.83. The molecule has 1 aliphatic heterocycles. The summed E-state index contributed by atoms with van der Waals surface area (Å²) in [6, 6.07) is 8.38. The second kappa shape index (κ2) is 6.51. The summed E-state index contributed by atoms with van der Waals surface area (Å²) in [5, 5.41) is 9.21. The highest BCUT2D eigenvalue weighted by molar-refractivity contribution is 5.80. The summed E-state index contributed by atoms with van der Waals surface area (Å²) in [7, 11) is 0. The fourth-order valence-electron chi connectivity index (χ4n) is 2.83. The molecule has 1 fully saturated rings. The zero-order valence-electron chi connectivity index (χ0n) is 13.6. The molecule has 1 atom stereocenters. The van der Waals surface area contributed by atoms with Crippen LogP contribution in [-0.2, 0) is 16.0 Å². The lowest BCUT2D eigenvalue weighted by Gasteiger charge is -2.20. The van der Waals surface area contributed by atoms with Crippen molar-refractivity contribution in [1.29, 1.82) is 0 Å². The summed E-state index contributed by atoms with van der Waals surface area (Å²) in [6.45, 7) is 6.91. The number of hydrogen-bond acceptors (Lipinski definition) is 2. The number of carbonyl (C=O) groups excluding carboxylic acids is 1. The Kier molecular flexibility index (Phi) is 4.89. The Balaban J connectivity index is 1.87. The summed E-state index contributed by atoms with van der Waals surface area (Å²) in [5.74, 6) is -0.251. The Morgan fingerprint density at radius 1 is 1.27 bits per heavy atom. The monoisotopic (exact) mass is 303 g/mol. The Morgan fingerprint density at radius 3 is 2.41 bits per heavy atom. The van der Waals surface area contributed by atoms with Gasteiger partial charge < -0.3 is 10.0 Å². The highest BCUT2D eigenvalue weighted by atomic mass is 16.4. The van der Waals surface area contributed by atoms with Crippen LogP contribution in [0.1, 0.15) is 50.7 Å². The molecule has 1 unspecified atom stereocenters. The van der Waals surface area contributed by atoms with Gasteiger partial charge in [0, 0.05) is 19.5 Å². The van der Waals surface area contributed by atoms with Crippen molar-refractivity contribution in [2.24, 2.45) is 5.41 Å². The number of nitrogens with zero attached hydrogens (tertiary/aromatic N) is 1. The molecule has 0 saturated carbocycles. The number of benzene rings is 1. The third kappa shape index (κ3) is 3.67. The quantitative estimate of drug-likeness (QED) is 0.909. The minimum atomic E-state index is -0.813. The average Bonchev–Trinajstić information content (AvgIpc) is 2.89. The van der Waals surface area contributed by atoms with Gasteiger partial charge in [-0.2, -0.15) is 0 Å². The molecule has 1 N–H and O–H groups in total. The normalized spacial score (nSPS) is 21.4. The van der Waals surface area contributed by atoms with Crippen LogP contribution in [0.5, 0.6) is 0 Å². The van der Waals surface area contributed by atoms with E-state index in [0.717, 1.165) is 5.56 Å². The molecule has 4 nitrogen and oxygen atoms in total. The largest absolute Gasteiger partial charge is 0.481 e. The maximum Gasteiger partial charge on any atom is 0.311 e. The number of likely N-dealkylation sites (tertiary alicyclic amines) is 1. The first kappa shape index (κ1) is 16.5. The number of rotatable bonds is 5. The van der Waals surface area contributed by atoms with E-state index in [1.165, 1.54) is 5.56 Å². The second-order valence-electron chi connectivity index (χ2n) is 6.83. The van der Waals surface area contributed by atoms with E-state index in [2.05, 4.69) is 38.1 Å². The van der Waals surface area contributed by atoms with E-state index in [0.29, 0.717) is 38.3 Å². The Hall–Kier alpha value is -1.84. The highest BCUT2D eigenvalue weighted by Crippen LogP contribution is 2.30. The molecule has 1 aromatic rings. The third-order valence-electron chi connectivity index (χ3n) is 4.62. The zero-order chi connectivity index (χ0) is 16.3. The van der Waals surface area contributed by atoms with Crippen molar-refractivity contribution in [3.8, 4) is 0 Å². The SMILES string of the molecule is CC(C)c1ccc(CCC(=O)N2CCC(C)(C(=O)O)C2)cc1. The van der Waals surface area contributed by atoms with Crippen molar-refractivity contribution < 1.29 is 14.7 Å². The molecule has 22 heavy (non-hydrogen) atoms. The Morgan fingerprint density at radius 2 is 1.91 bits per heavy atom. The Labute approximate surface area is 132 Å². The van der Waals surface area contributed by atoms with Crippen LogP contribution >= 0.6 is 0 Å². The molecule has 0 spiro atoms. The predicted octanol–water partition coefficient (Wildman–Crippen LogP) is 3.07. The van der Waals surface area contributed by atoms with E-state index < -0.39 is 11.4 Å². The molecule has 0 bridgehead atoms. The van der Waals surface area contributed by atoms with Crippen LogP contribution in [0.4, 0.5) is 0 Å². The fraction of sp³-hybridized carbons (Fsp3) is 0.556. The van der Waals surface area contributed by atoms with Gasteiger partial charge in [0.1, 0.15) is 0 Å².